The first-order valence-electron chi connectivity index (χ1n) is 8.82. The second-order valence-electron chi connectivity index (χ2n) is 6.89. The molecule has 4 rings (SSSR count). The molecule has 24 heavy (non-hydrogen) atoms. The van der Waals surface area contributed by atoms with E-state index < -0.39 is 0 Å². The fourth-order valence-corrected chi connectivity index (χ4v) is 3.26. The van der Waals surface area contributed by atoms with Crippen LogP contribution in [0.3, 0.4) is 0 Å². The van der Waals surface area contributed by atoms with Gasteiger partial charge in [-0.25, -0.2) is 0 Å². The third-order valence-electron chi connectivity index (χ3n) is 4.94. The van der Waals surface area contributed by atoms with Crippen LogP contribution in [0.1, 0.15) is 46.6 Å². The number of hydrogen-bond acceptors (Lipinski definition) is 4. The molecule has 5 nitrogen and oxygen atoms in total. The lowest BCUT2D eigenvalue weighted by atomic mass is 9.91. The van der Waals surface area contributed by atoms with Crippen molar-refractivity contribution in [2.24, 2.45) is 5.92 Å². The Bertz CT molecular complexity index is 707. The number of rotatable bonds is 6. The van der Waals surface area contributed by atoms with E-state index in [9.17, 15) is 4.79 Å². The van der Waals surface area contributed by atoms with E-state index in [0.717, 1.165) is 43.7 Å². The topological polar surface area (TPSA) is 67.2 Å². The van der Waals surface area contributed by atoms with E-state index in [4.69, 9.17) is 4.52 Å². The number of benzene rings is 1. The van der Waals surface area contributed by atoms with E-state index in [1.54, 1.807) is 0 Å². The molecule has 1 heterocycles. The molecule has 1 fully saturated rings. The van der Waals surface area contributed by atoms with E-state index in [-0.39, 0.29) is 5.91 Å². The van der Waals surface area contributed by atoms with Crippen LogP contribution in [0.25, 0.3) is 0 Å². The molecular weight excluding hydrogens is 302 g/mol. The molecule has 2 aliphatic carbocycles. The maximum absolute atomic E-state index is 12.3. The van der Waals surface area contributed by atoms with Crippen molar-refractivity contribution in [2.45, 2.75) is 44.7 Å². The van der Waals surface area contributed by atoms with E-state index in [1.165, 1.54) is 18.4 Å². The lowest BCUT2D eigenvalue weighted by molar-refractivity contribution is 0.0942. The average Bonchev–Trinajstić information content (AvgIpc) is 3.36. The van der Waals surface area contributed by atoms with Gasteiger partial charge in [0.05, 0.1) is 0 Å². The van der Waals surface area contributed by atoms with Crippen LogP contribution >= 0.6 is 0 Å². The second-order valence-corrected chi connectivity index (χ2v) is 6.89. The monoisotopic (exact) mass is 325 g/mol. The zero-order valence-corrected chi connectivity index (χ0v) is 13.8. The highest BCUT2D eigenvalue weighted by Crippen LogP contribution is 2.28. The number of aryl methyl sites for hydroxylation is 1. The summed E-state index contributed by atoms with van der Waals surface area (Å²) in [5.41, 5.74) is 2.74. The number of nitrogens with one attached hydrogen (secondary N) is 2. The van der Waals surface area contributed by atoms with Crippen molar-refractivity contribution in [1.82, 2.24) is 15.8 Å². The Kier molecular flexibility index (Phi) is 4.34. The van der Waals surface area contributed by atoms with Gasteiger partial charge in [-0.3, -0.25) is 4.79 Å². The summed E-state index contributed by atoms with van der Waals surface area (Å²) < 4.78 is 5.40. The molecule has 1 atom stereocenters. The van der Waals surface area contributed by atoms with Crippen LogP contribution < -0.4 is 10.6 Å². The van der Waals surface area contributed by atoms with Gasteiger partial charge >= 0.3 is 0 Å². The summed E-state index contributed by atoms with van der Waals surface area (Å²) in [5, 5.41) is 10.6. The number of nitrogens with zero attached hydrogens (tertiary/aromatic N) is 1. The van der Waals surface area contributed by atoms with E-state index >= 15 is 0 Å². The van der Waals surface area contributed by atoms with Gasteiger partial charge in [-0.1, -0.05) is 35.5 Å². The molecule has 2 aromatic rings. The summed E-state index contributed by atoms with van der Waals surface area (Å²) in [6, 6.07) is 10.7. The standard InChI is InChI=1S/C19H23N3O2/c23-19(21-12-14-6-7-14)18-16-10-15(8-9-17(16)24-22-18)20-11-13-4-2-1-3-5-13/h1-5,14-15,20H,6-12H2,(H,21,23). The van der Waals surface area contributed by atoms with Crippen molar-refractivity contribution in [3.63, 3.8) is 0 Å². The molecule has 126 valence electrons. The van der Waals surface area contributed by atoms with Gasteiger partial charge in [-0.2, -0.15) is 0 Å². The van der Waals surface area contributed by atoms with E-state index in [1.807, 2.05) is 6.07 Å². The van der Waals surface area contributed by atoms with Gasteiger partial charge in [-0.05, 0) is 37.2 Å². The van der Waals surface area contributed by atoms with Gasteiger partial charge < -0.3 is 15.2 Å². The molecule has 5 heteroatoms. The van der Waals surface area contributed by atoms with Crippen molar-refractivity contribution in [3.05, 3.63) is 52.9 Å². The number of amides is 1. The summed E-state index contributed by atoms with van der Waals surface area (Å²) in [7, 11) is 0. The smallest absolute Gasteiger partial charge is 0.273 e. The predicted molar refractivity (Wildman–Crippen MR) is 90.7 cm³/mol. The Balaban J connectivity index is 1.38. The highest BCUT2D eigenvalue weighted by Gasteiger charge is 2.29. The van der Waals surface area contributed by atoms with Crippen LogP contribution in [0.4, 0.5) is 0 Å². The minimum Gasteiger partial charge on any atom is -0.360 e. The molecule has 1 saturated carbocycles. The summed E-state index contributed by atoms with van der Waals surface area (Å²) in [6.07, 6.45) is 5.10. The molecule has 1 aromatic heterocycles. The molecule has 0 saturated heterocycles. The third kappa shape index (κ3) is 3.51. The SMILES string of the molecule is O=C(NCC1CC1)c1noc2c1CC(NCc1ccccc1)CC2. The van der Waals surface area contributed by atoms with Crippen LogP contribution in [0.5, 0.6) is 0 Å². The zero-order valence-electron chi connectivity index (χ0n) is 13.8. The number of fused-ring (bicyclic) bond motifs is 1. The maximum Gasteiger partial charge on any atom is 0.273 e. The zero-order chi connectivity index (χ0) is 16.4. The van der Waals surface area contributed by atoms with Crippen LogP contribution in [-0.2, 0) is 19.4 Å². The number of hydrogen-bond donors (Lipinski definition) is 2. The first-order chi connectivity index (χ1) is 11.8. The molecule has 0 radical (unpaired) electrons. The highest BCUT2D eigenvalue weighted by atomic mass is 16.5. The molecule has 0 aliphatic heterocycles. The minimum absolute atomic E-state index is 0.0874. The molecule has 1 aromatic carbocycles. The van der Waals surface area contributed by atoms with E-state index in [2.05, 4.69) is 40.1 Å². The summed E-state index contributed by atoms with van der Waals surface area (Å²) in [5.74, 6) is 1.46. The van der Waals surface area contributed by atoms with E-state index in [0.29, 0.717) is 17.7 Å². The molecule has 0 bridgehead atoms. The quantitative estimate of drug-likeness (QED) is 0.856. The van der Waals surface area contributed by atoms with Crippen molar-refractivity contribution >= 4 is 5.91 Å². The van der Waals surface area contributed by atoms with Gasteiger partial charge in [0.25, 0.3) is 5.91 Å². The lowest BCUT2D eigenvalue weighted by Crippen LogP contribution is -2.35. The molecule has 2 N–H and O–H groups in total. The lowest BCUT2D eigenvalue weighted by Gasteiger charge is -2.22. The van der Waals surface area contributed by atoms with Crippen molar-refractivity contribution < 1.29 is 9.32 Å². The largest absolute Gasteiger partial charge is 0.360 e. The summed E-state index contributed by atoms with van der Waals surface area (Å²) >= 11 is 0. The van der Waals surface area contributed by atoms with Crippen LogP contribution in [0.2, 0.25) is 0 Å². The van der Waals surface area contributed by atoms with Crippen molar-refractivity contribution in [2.75, 3.05) is 6.54 Å². The molecule has 1 unspecified atom stereocenters. The van der Waals surface area contributed by atoms with Crippen molar-refractivity contribution in [1.29, 1.82) is 0 Å². The Morgan fingerprint density at radius 2 is 2.04 bits per heavy atom. The van der Waals surface area contributed by atoms with Gasteiger partial charge in [-0.15, -0.1) is 0 Å². The fourth-order valence-electron chi connectivity index (χ4n) is 3.26. The fraction of sp³-hybridized carbons (Fsp3) is 0.474. The Labute approximate surface area is 141 Å². The Morgan fingerprint density at radius 3 is 2.83 bits per heavy atom. The minimum atomic E-state index is -0.0874. The Morgan fingerprint density at radius 1 is 1.21 bits per heavy atom. The first kappa shape index (κ1) is 15.4. The summed E-state index contributed by atoms with van der Waals surface area (Å²) in [6.45, 7) is 1.60. The van der Waals surface area contributed by atoms with Crippen LogP contribution in [0, 0.1) is 5.92 Å². The normalized spacial score (nSPS) is 19.8. The van der Waals surface area contributed by atoms with Gasteiger partial charge in [0.2, 0.25) is 0 Å². The van der Waals surface area contributed by atoms with Gasteiger partial charge in [0.15, 0.2) is 5.69 Å². The number of carbonyl (C=O) groups excluding carboxylic acids is 1. The summed E-state index contributed by atoms with van der Waals surface area (Å²) in [4.78, 5) is 12.3. The Hall–Kier alpha value is -2.14. The third-order valence-corrected chi connectivity index (χ3v) is 4.94. The predicted octanol–water partition coefficient (Wildman–Crippen LogP) is 2.46. The maximum atomic E-state index is 12.3. The van der Waals surface area contributed by atoms with Gasteiger partial charge in [0.1, 0.15) is 5.76 Å². The molecule has 2 aliphatic rings. The highest BCUT2D eigenvalue weighted by molar-refractivity contribution is 5.93. The molecule has 0 spiro atoms. The average molecular weight is 325 g/mol. The molecule has 1 amide bonds. The van der Waals surface area contributed by atoms with Gasteiger partial charge in [0, 0.05) is 31.1 Å². The number of carbonyl (C=O) groups is 1. The van der Waals surface area contributed by atoms with Crippen LogP contribution in [0.15, 0.2) is 34.9 Å². The van der Waals surface area contributed by atoms with Crippen molar-refractivity contribution in [3.8, 4) is 0 Å². The van der Waals surface area contributed by atoms with Crippen LogP contribution in [-0.4, -0.2) is 23.7 Å². The number of aromatic nitrogens is 1. The first-order valence-corrected chi connectivity index (χ1v) is 8.82. The second kappa shape index (κ2) is 6.77. The molecular formula is C19H23N3O2.